The molecule has 0 aliphatic carbocycles. The molecule has 16 heavy (non-hydrogen) atoms. The number of hydrogen-bond acceptors (Lipinski definition) is 5. The highest BCUT2D eigenvalue weighted by Crippen LogP contribution is 2.19. The fourth-order valence-corrected chi connectivity index (χ4v) is 1.84. The lowest BCUT2D eigenvalue weighted by Crippen LogP contribution is -2.50. The Balaban J connectivity index is 2.17. The lowest BCUT2D eigenvalue weighted by atomic mass is 10.2. The summed E-state index contributed by atoms with van der Waals surface area (Å²) in [5.41, 5.74) is 0.948. The van der Waals surface area contributed by atoms with Crippen LogP contribution in [-0.2, 0) is 4.74 Å². The van der Waals surface area contributed by atoms with Crippen molar-refractivity contribution in [1.29, 1.82) is 0 Å². The molecule has 0 spiro atoms. The van der Waals surface area contributed by atoms with Gasteiger partial charge in [0.25, 0.3) is 0 Å². The molecule has 5 heteroatoms. The largest absolute Gasteiger partial charge is 0.394 e. The molecule has 1 aliphatic rings. The van der Waals surface area contributed by atoms with Gasteiger partial charge in [0.2, 0.25) is 0 Å². The number of morpholine rings is 1. The zero-order chi connectivity index (χ0) is 11.5. The van der Waals surface area contributed by atoms with Crippen LogP contribution < -0.4 is 4.90 Å². The van der Waals surface area contributed by atoms with E-state index in [2.05, 4.69) is 21.8 Å². The van der Waals surface area contributed by atoms with Gasteiger partial charge in [0.15, 0.2) is 0 Å². The van der Waals surface area contributed by atoms with E-state index in [0.717, 1.165) is 11.5 Å². The highest BCUT2D eigenvalue weighted by Gasteiger charge is 2.26. The molecule has 0 bridgehead atoms. The predicted molar refractivity (Wildman–Crippen MR) is 60.4 cm³/mol. The number of rotatable bonds is 2. The minimum atomic E-state index is -0.119. The Labute approximate surface area is 95.1 Å². The maximum absolute atomic E-state index is 9.11. The van der Waals surface area contributed by atoms with E-state index in [-0.39, 0.29) is 18.8 Å². The van der Waals surface area contributed by atoms with Crippen LogP contribution in [0.3, 0.4) is 0 Å². The number of aromatic nitrogens is 2. The molecule has 5 nitrogen and oxygen atoms in total. The highest BCUT2D eigenvalue weighted by molar-refractivity contribution is 5.40. The summed E-state index contributed by atoms with van der Waals surface area (Å²) >= 11 is 0. The molecule has 2 unspecified atom stereocenters. The zero-order valence-electron chi connectivity index (χ0n) is 9.63. The second kappa shape index (κ2) is 4.76. The van der Waals surface area contributed by atoms with Crippen molar-refractivity contribution in [2.75, 3.05) is 24.7 Å². The van der Waals surface area contributed by atoms with E-state index < -0.39 is 0 Å². The summed E-state index contributed by atoms with van der Waals surface area (Å²) < 4.78 is 5.49. The molecule has 1 aliphatic heterocycles. The highest BCUT2D eigenvalue weighted by atomic mass is 16.5. The summed E-state index contributed by atoms with van der Waals surface area (Å²) in [6.45, 7) is 5.38. The summed E-state index contributed by atoms with van der Waals surface area (Å²) in [7, 11) is 0. The summed E-state index contributed by atoms with van der Waals surface area (Å²) in [5.74, 6) is 0.904. The van der Waals surface area contributed by atoms with Gasteiger partial charge in [-0.05, 0) is 13.8 Å². The maximum Gasteiger partial charge on any atom is 0.132 e. The molecule has 0 aromatic carbocycles. The quantitative estimate of drug-likeness (QED) is 0.785. The number of anilines is 1. The van der Waals surface area contributed by atoms with E-state index in [1.807, 2.05) is 13.0 Å². The van der Waals surface area contributed by atoms with Gasteiger partial charge >= 0.3 is 0 Å². The van der Waals surface area contributed by atoms with Crippen molar-refractivity contribution in [3.8, 4) is 0 Å². The smallest absolute Gasteiger partial charge is 0.132 e. The normalized spacial score (nSPS) is 25.8. The second-order valence-electron chi connectivity index (χ2n) is 4.16. The van der Waals surface area contributed by atoms with Crippen LogP contribution in [0.15, 0.2) is 12.4 Å². The number of nitrogens with zero attached hydrogens (tertiary/aromatic N) is 3. The van der Waals surface area contributed by atoms with Crippen molar-refractivity contribution in [3.05, 3.63) is 18.1 Å². The van der Waals surface area contributed by atoms with E-state index in [1.165, 1.54) is 0 Å². The van der Waals surface area contributed by atoms with Gasteiger partial charge in [0.1, 0.15) is 12.1 Å². The van der Waals surface area contributed by atoms with Crippen molar-refractivity contribution >= 4 is 5.82 Å². The molecule has 1 aromatic heterocycles. The van der Waals surface area contributed by atoms with Gasteiger partial charge in [-0.1, -0.05) is 0 Å². The lowest BCUT2D eigenvalue weighted by Gasteiger charge is -2.38. The summed E-state index contributed by atoms with van der Waals surface area (Å²) in [4.78, 5) is 10.5. The Morgan fingerprint density at radius 3 is 3.06 bits per heavy atom. The third kappa shape index (κ3) is 2.31. The number of hydrogen-bond donors (Lipinski definition) is 1. The molecule has 2 atom stereocenters. The molecule has 2 heterocycles. The van der Waals surface area contributed by atoms with Crippen LogP contribution in [0.25, 0.3) is 0 Å². The van der Waals surface area contributed by atoms with Crippen molar-refractivity contribution in [3.63, 3.8) is 0 Å². The Hall–Kier alpha value is -1.20. The molecule has 1 saturated heterocycles. The molecule has 2 rings (SSSR count). The van der Waals surface area contributed by atoms with E-state index in [0.29, 0.717) is 13.2 Å². The first kappa shape index (κ1) is 11.3. The maximum atomic E-state index is 9.11. The number of ether oxygens (including phenoxy) is 1. The number of aliphatic hydroxyl groups is 1. The average Bonchev–Trinajstić information content (AvgIpc) is 2.30. The van der Waals surface area contributed by atoms with E-state index in [1.54, 1.807) is 6.33 Å². The van der Waals surface area contributed by atoms with Gasteiger partial charge in [-0.2, -0.15) is 0 Å². The minimum absolute atomic E-state index is 0.0489. The average molecular weight is 223 g/mol. The van der Waals surface area contributed by atoms with E-state index >= 15 is 0 Å². The van der Waals surface area contributed by atoms with Crippen molar-refractivity contribution in [2.45, 2.75) is 26.0 Å². The Morgan fingerprint density at radius 1 is 1.56 bits per heavy atom. The molecular formula is C11H17N3O2. The van der Waals surface area contributed by atoms with Crippen LogP contribution in [0.1, 0.15) is 12.6 Å². The Morgan fingerprint density at radius 2 is 2.38 bits per heavy atom. The molecule has 0 radical (unpaired) electrons. The number of aliphatic hydroxyl groups excluding tert-OH is 1. The van der Waals surface area contributed by atoms with Crippen LogP contribution in [0.4, 0.5) is 5.82 Å². The Kier molecular flexibility index (Phi) is 3.36. The van der Waals surface area contributed by atoms with Gasteiger partial charge < -0.3 is 14.7 Å². The molecule has 0 amide bonds. The van der Waals surface area contributed by atoms with Crippen LogP contribution in [0.2, 0.25) is 0 Å². The number of aryl methyl sites for hydroxylation is 1. The molecular weight excluding hydrogens is 206 g/mol. The first-order valence-corrected chi connectivity index (χ1v) is 5.48. The first-order chi connectivity index (χ1) is 7.70. The lowest BCUT2D eigenvalue weighted by molar-refractivity contribution is -0.0105. The molecule has 0 saturated carbocycles. The third-order valence-electron chi connectivity index (χ3n) is 2.79. The molecule has 88 valence electrons. The first-order valence-electron chi connectivity index (χ1n) is 5.48. The van der Waals surface area contributed by atoms with Crippen molar-refractivity contribution < 1.29 is 9.84 Å². The summed E-state index contributed by atoms with van der Waals surface area (Å²) in [6.07, 6.45) is 1.45. The summed E-state index contributed by atoms with van der Waals surface area (Å²) in [6, 6.07) is 2.23. The van der Waals surface area contributed by atoms with Gasteiger partial charge in [0.05, 0.1) is 25.4 Å². The standard InChI is InChI=1S/C11H17N3O2/c1-8-3-11(13-7-12-8)14-4-10(5-15)16-6-9(14)2/h3,7,9-10,15H,4-6H2,1-2H3. The van der Waals surface area contributed by atoms with Crippen LogP contribution in [0.5, 0.6) is 0 Å². The topological polar surface area (TPSA) is 58.5 Å². The molecule has 1 aromatic rings. The van der Waals surface area contributed by atoms with Gasteiger partial charge in [-0.3, -0.25) is 0 Å². The van der Waals surface area contributed by atoms with E-state index in [9.17, 15) is 0 Å². The fraction of sp³-hybridized carbons (Fsp3) is 0.636. The van der Waals surface area contributed by atoms with Crippen LogP contribution in [-0.4, -0.2) is 47.0 Å². The fourth-order valence-electron chi connectivity index (χ4n) is 1.84. The van der Waals surface area contributed by atoms with Gasteiger partial charge in [-0.25, -0.2) is 9.97 Å². The second-order valence-corrected chi connectivity index (χ2v) is 4.16. The molecule has 1 fully saturated rings. The van der Waals surface area contributed by atoms with Crippen LogP contribution in [0, 0.1) is 6.92 Å². The van der Waals surface area contributed by atoms with Crippen molar-refractivity contribution in [2.24, 2.45) is 0 Å². The predicted octanol–water partition coefficient (Wildman–Crippen LogP) is 0.371. The monoisotopic (exact) mass is 223 g/mol. The van der Waals surface area contributed by atoms with Gasteiger partial charge in [0, 0.05) is 18.3 Å². The third-order valence-corrected chi connectivity index (χ3v) is 2.79. The van der Waals surface area contributed by atoms with Crippen LogP contribution >= 0.6 is 0 Å². The summed E-state index contributed by atoms with van der Waals surface area (Å²) in [5, 5.41) is 9.11. The Bertz CT molecular complexity index is 359. The van der Waals surface area contributed by atoms with E-state index in [4.69, 9.17) is 9.84 Å². The van der Waals surface area contributed by atoms with Crippen molar-refractivity contribution in [1.82, 2.24) is 9.97 Å². The van der Waals surface area contributed by atoms with Gasteiger partial charge in [-0.15, -0.1) is 0 Å². The zero-order valence-corrected chi connectivity index (χ0v) is 9.63. The molecule has 1 N–H and O–H groups in total. The SMILES string of the molecule is Cc1cc(N2CC(CO)OCC2C)ncn1. The minimum Gasteiger partial charge on any atom is -0.394 e.